The molecular weight excluding hydrogens is 966 g/mol. The van der Waals surface area contributed by atoms with Crippen LogP contribution in [0.5, 0.6) is 11.5 Å². The molecule has 4 heterocycles. The molecule has 2 aliphatic rings. The zero-order valence-corrected chi connectivity index (χ0v) is 42.8. The number of ether oxygens (including phenoxy) is 2. The molecule has 0 bridgehead atoms. The van der Waals surface area contributed by atoms with Crippen molar-refractivity contribution in [3.63, 3.8) is 0 Å². The van der Waals surface area contributed by atoms with Crippen molar-refractivity contribution >= 4 is 85.6 Å². The molecule has 0 unspecified atom stereocenters. The van der Waals surface area contributed by atoms with Crippen molar-refractivity contribution in [3.05, 3.63) is 181 Å². The van der Waals surface area contributed by atoms with Gasteiger partial charge in [0.1, 0.15) is 38.4 Å². The van der Waals surface area contributed by atoms with Gasteiger partial charge in [0.05, 0.1) is 25.5 Å². The first-order chi connectivity index (χ1) is 34.9. The molecule has 0 radical (unpaired) electrons. The SMILES string of the molecule is Brc1ccccn1.COc1cccc(OC)c1-c1ccccc1P(C1CCCCC1)C1CCCCC1.OB(O)c1cccc2c1oc1ccccc12.c1ccc(-c2cccc3c2oc2ccccc23)nc1. The van der Waals surface area contributed by atoms with Crippen molar-refractivity contribution in [2.45, 2.75) is 75.5 Å². The van der Waals surface area contributed by atoms with E-state index in [4.69, 9.17) is 18.3 Å². The molecule has 0 spiro atoms. The highest BCUT2D eigenvalue weighted by Gasteiger charge is 2.34. The summed E-state index contributed by atoms with van der Waals surface area (Å²) in [5, 5.41) is 24.2. The minimum absolute atomic E-state index is 0.182. The van der Waals surface area contributed by atoms with E-state index in [9.17, 15) is 10.0 Å². The van der Waals surface area contributed by atoms with Gasteiger partial charge in [-0.1, -0.05) is 156 Å². The fraction of sp³-hybridized carbons (Fsp3) is 0.233. The molecular formula is C60H59BBrN2O6P. The molecule has 2 aliphatic carbocycles. The van der Waals surface area contributed by atoms with Gasteiger partial charge in [-0.25, -0.2) is 4.98 Å². The molecule has 0 atom stereocenters. The molecule has 2 fully saturated rings. The van der Waals surface area contributed by atoms with Crippen molar-refractivity contribution < 1.29 is 28.4 Å². The van der Waals surface area contributed by atoms with Crippen LogP contribution >= 0.6 is 23.9 Å². The molecule has 6 aromatic carbocycles. The Morgan fingerprint density at radius 1 is 0.507 bits per heavy atom. The minimum Gasteiger partial charge on any atom is -0.496 e. The zero-order chi connectivity index (χ0) is 48.9. The zero-order valence-electron chi connectivity index (χ0n) is 40.3. The Hall–Kier alpha value is -6.29. The van der Waals surface area contributed by atoms with Crippen molar-refractivity contribution in [1.29, 1.82) is 0 Å². The van der Waals surface area contributed by atoms with Crippen molar-refractivity contribution in [3.8, 4) is 33.9 Å². The topological polar surface area (TPSA) is 111 Å². The van der Waals surface area contributed by atoms with E-state index in [0.29, 0.717) is 11.0 Å². The lowest BCUT2D eigenvalue weighted by Crippen LogP contribution is -2.29. The molecule has 0 aliphatic heterocycles. The van der Waals surface area contributed by atoms with Crippen LogP contribution in [-0.2, 0) is 0 Å². The summed E-state index contributed by atoms with van der Waals surface area (Å²) in [6.07, 6.45) is 17.7. The summed E-state index contributed by atoms with van der Waals surface area (Å²) in [7, 11) is 1.85. The van der Waals surface area contributed by atoms with Crippen molar-refractivity contribution in [1.82, 2.24) is 9.97 Å². The van der Waals surface area contributed by atoms with Crippen LogP contribution in [0.15, 0.2) is 190 Å². The maximum absolute atomic E-state index is 9.24. The van der Waals surface area contributed by atoms with E-state index in [1.54, 1.807) is 44.1 Å². The molecule has 0 amide bonds. The van der Waals surface area contributed by atoms with Crippen LogP contribution in [0.3, 0.4) is 0 Å². The van der Waals surface area contributed by atoms with E-state index in [2.05, 4.69) is 74.4 Å². The molecule has 10 aromatic rings. The fourth-order valence-corrected chi connectivity index (χ4v) is 14.4. The van der Waals surface area contributed by atoms with Crippen molar-refractivity contribution in [2.24, 2.45) is 0 Å². The number of para-hydroxylation sites is 4. The average Bonchev–Trinajstić information content (AvgIpc) is 4.01. The minimum atomic E-state index is -1.51. The standard InChI is InChI=1S/C26H35O2P.C17H11NO.C12H9BO3.C5H4BrN/c1-27-23-17-11-18-24(28-2)26(23)22-16-9-10-19-25(22)29(20-12-5-3-6-13-20)21-14-7-4-8-15-21;1-2-10-16-12(6-1)13-7-5-8-14(17(13)19-16)15-9-3-4-11-18-15;14-13(15)10-6-3-5-9-8-4-1-2-7-11(8)16-12(9)10;6-5-3-1-2-4-7-5/h9-11,16-21H,3-8,12-15H2,1-2H3;1-11H;1-7,14-15H;1-4H. The third kappa shape index (κ3) is 11.6. The highest BCUT2D eigenvalue weighted by Crippen LogP contribution is 2.57. The van der Waals surface area contributed by atoms with Gasteiger partial charge in [0.25, 0.3) is 0 Å². The summed E-state index contributed by atoms with van der Waals surface area (Å²) >= 11 is 3.20. The van der Waals surface area contributed by atoms with E-state index in [1.807, 2.05) is 103 Å². The van der Waals surface area contributed by atoms with E-state index in [0.717, 1.165) is 82.5 Å². The number of furan rings is 2. The number of benzene rings is 6. The number of pyridine rings is 2. The Balaban J connectivity index is 0.000000128. The smallest absolute Gasteiger partial charge is 0.492 e. The number of hydrogen-bond acceptors (Lipinski definition) is 8. The summed E-state index contributed by atoms with van der Waals surface area (Å²) in [6.45, 7) is 0. The third-order valence-corrected chi connectivity index (χ3v) is 17.5. The van der Waals surface area contributed by atoms with Crippen LogP contribution in [0, 0.1) is 0 Å². The molecule has 0 saturated heterocycles. The molecule has 71 heavy (non-hydrogen) atoms. The lowest BCUT2D eigenvalue weighted by molar-refractivity contribution is 0.397. The number of nitrogens with zero attached hydrogens (tertiary/aromatic N) is 2. The van der Waals surface area contributed by atoms with Gasteiger partial charge in [0.2, 0.25) is 0 Å². The van der Waals surface area contributed by atoms with Gasteiger partial charge in [-0.3, -0.25) is 4.98 Å². The lowest BCUT2D eigenvalue weighted by atomic mass is 9.79. The van der Waals surface area contributed by atoms with Gasteiger partial charge in [-0.2, -0.15) is 0 Å². The molecule has 11 heteroatoms. The molecule has 2 N–H and O–H groups in total. The van der Waals surface area contributed by atoms with Gasteiger partial charge >= 0.3 is 7.12 Å². The Labute approximate surface area is 426 Å². The van der Waals surface area contributed by atoms with E-state index in [-0.39, 0.29) is 7.92 Å². The molecule has 2 saturated carbocycles. The average molecular weight is 1030 g/mol. The molecule has 360 valence electrons. The van der Waals surface area contributed by atoms with Gasteiger partial charge in [-0.15, -0.1) is 0 Å². The molecule has 12 rings (SSSR count). The van der Waals surface area contributed by atoms with Crippen LogP contribution in [0.1, 0.15) is 64.2 Å². The predicted octanol–water partition coefficient (Wildman–Crippen LogP) is 14.9. The summed E-state index contributed by atoms with van der Waals surface area (Å²) in [6, 6.07) is 54.2. The van der Waals surface area contributed by atoms with E-state index >= 15 is 0 Å². The summed E-state index contributed by atoms with van der Waals surface area (Å²) in [5.41, 5.74) is 9.71. The molecule has 8 nitrogen and oxygen atoms in total. The number of hydrogen-bond donors (Lipinski definition) is 2. The summed E-state index contributed by atoms with van der Waals surface area (Å²) in [5.74, 6) is 1.83. The second-order valence-electron chi connectivity index (χ2n) is 17.9. The monoisotopic (exact) mass is 1020 g/mol. The van der Waals surface area contributed by atoms with Gasteiger partial charge in [0.15, 0.2) is 0 Å². The van der Waals surface area contributed by atoms with Crippen LogP contribution in [0.4, 0.5) is 0 Å². The second kappa shape index (κ2) is 24.2. The van der Waals surface area contributed by atoms with Crippen LogP contribution in [0.25, 0.3) is 66.3 Å². The summed E-state index contributed by atoms with van der Waals surface area (Å²) in [4.78, 5) is 8.31. The first-order valence-electron chi connectivity index (χ1n) is 24.7. The van der Waals surface area contributed by atoms with E-state index < -0.39 is 7.12 Å². The normalized spacial score (nSPS) is 14.0. The van der Waals surface area contributed by atoms with Crippen LogP contribution < -0.4 is 20.2 Å². The largest absolute Gasteiger partial charge is 0.496 e. The fourth-order valence-electron chi connectivity index (χ4n) is 10.2. The summed E-state index contributed by atoms with van der Waals surface area (Å²) < 4.78 is 24.1. The lowest BCUT2D eigenvalue weighted by Gasteiger charge is -2.39. The number of halogens is 1. The first-order valence-corrected chi connectivity index (χ1v) is 26.9. The number of methoxy groups -OCH3 is 2. The number of aromatic nitrogens is 2. The third-order valence-electron chi connectivity index (χ3n) is 13.5. The number of rotatable bonds is 8. The van der Waals surface area contributed by atoms with Gasteiger partial charge in [-0.05, 0) is 118 Å². The van der Waals surface area contributed by atoms with Crippen LogP contribution in [0.2, 0.25) is 0 Å². The Kier molecular flexibility index (Phi) is 17.0. The first kappa shape index (κ1) is 49.7. The highest BCUT2D eigenvalue weighted by atomic mass is 79.9. The second-order valence-corrected chi connectivity index (χ2v) is 21.5. The van der Waals surface area contributed by atoms with Crippen molar-refractivity contribution in [2.75, 3.05) is 14.2 Å². The maximum Gasteiger partial charge on any atom is 0.492 e. The quantitative estimate of drug-likeness (QED) is 0.0880. The van der Waals surface area contributed by atoms with E-state index in [1.165, 1.54) is 69.8 Å². The highest BCUT2D eigenvalue weighted by molar-refractivity contribution is 9.10. The maximum atomic E-state index is 9.24. The van der Waals surface area contributed by atoms with Gasteiger partial charge in [0, 0.05) is 45.0 Å². The Morgan fingerprint density at radius 2 is 1.00 bits per heavy atom. The predicted molar refractivity (Wildman–Crippen MR) is 298 cm³/mol. The molecule has 4 aromatic heterocycles. The van der Waals surface area contributed by atoms with Gasteiger partial charge < -0.3 is 28.4 Å². The Bertz CT molecular complexity index is 3240. The Morgan fingerprint density at radius 3 is 1.55 bits per heavy atom. The number of fused-ring (bicyclic) bond motifs is 6. The van der Waals surface area contributed by atoms with Crippen LogP contribution in [-0.4, -0.2) is 52.7 Å².